The number of nitrogens with zero attached hydrogens (tertiary/aromatic N) is 1. The smallest absolute Gasteiger partial charge is 0.252 e. The normalized spacial score (nSPS) is 33.8. The van der Waals surface area contributed by atoms with Gasteiger partial charge >= 0.3 is 0 Å². The Kier molecular flexibility index (Phi) is 3.83. The lowest BCUT2D eigenvalue weighted by molar-refractivity contribution is -0.223. The van der Waals surface area contributed by atoms with Crippen LogP contribution in [-0.2, 0) is 15.3 Å². The molecule has 22 heavy (non-hydrogen) atoms. The Morgan fingerprint density at radius 3 is 2.55 bits per heavy atom. The van der Waals surface area contributed by atoms with Crippen molar-refractivity contribution in [2.24, 2.45) is 5.92 Å². The van der Waals surface area contributed by atoms with Gasteiger partial charge in [0.15, 0.2) is 10.6 Å². The fraction of sp³-hybridized carbons (Fsp3) is 0.562. The van der Waals surface area contributed by atoms with Crippen molar-refractivity contribution < 1.29 is 14.3 Å². The Bertz CT molecular complexity index is 592. The van der Waals surface area contributed by atoms with Crippen molar-refractivity contribution >= 4 is 29.1 Å². The van der Waals surface area contributed by atoms with Crippen molar-refractivity contribution in [1.29, 1.82) is 0 Å². The van der Waals surface area contributed by atoms with E-state index in [-0.39, 0.29) is 17.9 Å². The van der Waals surface area contributed by atoms with E-state index in [2.05, 4.69) is 0 Å². The molecule has 2 aliphatic rings. The maximum Gasteiger partial charge on any atom is 0.252 e. The highest BCUT2D eigenvalue weighted by molar-refractivity contribution is 6.39. The van der Waals surface area contributed by atoms with E-state index in [0.29, 0.717) is 12.5 Å². The number of hydrogen-bond donors (Lipinski definition) is 0. The van der Waals surface area contributed by atoms with Crippen LogP contribution in [0.5, 0.6) is 5.75 Å². The second kappa shape index (κ2) is 5.29. The van der Waals surface area contributed by atoms with Crippen LogP contribution in [0.3, 0.4) is 0 Å². The van der Waals surface area contributed by atoms with Gasteiger partial charge in [0.1, 0.15) is 5.75 Å². The summed E-state index contributed by atoms with van der Waals surface area (Å²) in [7, 11) is 1.61. The minimum absolute atomic E-state index is 0.0180. The molecule has 2 aliphatic heterocycles. The minimum atomic E-state index is -1.13. The number of hydrogen-bond acceptors (Lipinski definition) is 3. The SMILES string of the molecule is COc1ccc([C@@]23OC[C@H](CCl)[C@]2(Cl)C(=O)N3C(C)C)cc1. The van der Waals surface area contributed by atoms with Gasteiger partial charge in [0.2, 0.25) is 0 Å². The summed E-state index contributed by atoms with van der Waals surface area (Å²) >= 11 is 12.8. The molecule has 1 amide bonds. The lowest BCUT2D eigenvalue weighted by atomic mass is 9.72. The van der Waals surface area contributed by atoms with Gasteiger partial charge in [-0.15, -0.1) is 23.2 Å². The number of β-lactam (4-membered cyclic amide) rings is 1. The van der Waals surface area contributed by atoms with E-state index in [9.17, 15) is 4.79 Å². The molecule has 3 rings (SSSR count). The van der Waals surface area contributed by atoms with Gasteiger partial charge in [-0.05, 0) is 26.0 Å². The largest absolute Gasteiger partial charge is 0.497 e. The average molecular weight is 344 g/mol. The molecule has 0 bridgehead atoms. The molecule has 0 saturated carbocycles. The number of rotatable bonds is 4. The molecule has 2 fully saturated rings. The Hall–Kier alpha value is -0.970. The number of halogens is 2. The van der Waals surface area contributed by atoms with E-state index in [4.69, 9.17) is 32.7 Å². The zero-order chi connectivity index (χ0) is 16.1. The fourth-order valence-electron chi connectivity index (χ4n) is 3.55. The number of benzene rings is 1. The van der Waals surface area contributed by atoms with Crippen LogP contribution in [0, 0.1) is 5.92 Å². The van der Waals surface area contributed by atoms with E-state index in [1.165, 1.54) is 0 Å². The molecule has 6 heteroatoms. The molecule has 120 valence electrons. The van der Waals surface area contributed by atoms with Crippen molar-refractivity contribution in [3.63, 3.8) is 0 Å². The monoisotopic (exact) mass is 343 g/mol. The van der Waals surface area contributed by atoms with Crippen LogP contribution in [-0.4, -0.2) is 41.3 Å². The summed E-state index contributed by atoms with van der Waals surface area (Å²) < 4.78 is 11.3. The van der Waals surface area contributed by atoms with Gasteiger partial charge in [0, 0.05) is 23.4 Å². The van der Waals surface area contributed by atoms with E-state index < -0.39 is 10.6 Å². The highest BCUT2D eigenvalue weighted by Crippen LogP contribution is 2.62. The van der Waals surface area contributed by atoms with Crippen molar-refractivity contribution in [3.05, 3.63) is 29.8 Å². The van der Waals surface area contributed by atoms with Crippen LogP contribution in [0.25, 0.3) is 0 Å². The standard InChI is InChI=1S/C16H19Cl2NO3/c1-10(2)19-14(20)15(18)12(8-17)9-22-16(15,19)11-4-6-13(21-3)7-5-11/h4-7,10,12H,8-9H2,1-3H3/t12-,15-,16+/m0/s1. The summed E-state index contributed by atoms with van der Waals surface area (Å²) in [5.74, 6) is 0.719. The van der Waals surface area contributed by atoms with Crippen LogP contribution in [0.15, 0.2) is 24.3 Å². The highest BCUT2D eigenvalue weighted by Gasteiger charge is 2.79. The second-order valence-corrected chi connectivity index (χ2v) is 6.92. The van der Waals surface area contributed by atoms with E-state index >= 15 is 0 Å². The van der Waals surface area contributed by atoms with Crippen LogP contribution in [0.1, 0.15) is 19.4 Å². The molecule has 0 spiro atoms. The first-order valence-electron chi connectivity index (χ1n) is 7.30. The van der Waals surface area contributed by atoms with Gasteiger partial charge in [-0.1, -0.05) is 12.1 Å². The fourth-order valence-corrected chi connectivity index (χ4v) is 4.43. The number of likely N-dealkylation sites (tertiary alicyclic amines) is 1. The number of amides is 1. The number of ether oxygens (including phenoxy) is 2. The molecule has 0 radical (unpaired) electrons. The number of carbonyl (C=O) groups is 1. The van der Waals surface area contributed by atoms with Gasteiger partial charge in [-0.3, -0.25) is 4.79 Å². The Morgan fingerprint density at radius 2 is 2.05 bits per heavy atom. The van der Waals surface area contributed by atoms with Gasteiger partial charge in [0.05, 0.1) is 13.7 Å². The van der Waals surface area contributed by atoms with Crippen LogP contribution >= 0.6 is 23.2 Å². The quantitative estimate of drug-likeness (QED) is 0.623. The van der Waals surface area contributed by atoms with Crippen LogP contribution < -0.4 is 4.74 Å². The second-order valence-electron chi connectivity index (χ2n) is 6.02. The molecule has 1 aromatic carbocycles. The third kappa shape index (κ3) is 1.72. The Labute approximate surface area is 140 Å². The molecule has 0 aromatic heterocycles. The van der Waals surface area contributed by atoms with Gasteiger partial charge in [0.25, 0.3) is 5.91 Å². The zero-order valence-electron chi connectivity index (χ0n) is 12.8. The molecular weight excluding hydrogens is 325 g/mol. The van der Waals surface area contributed by atoms with Crippen LogP contribution in [0.4, 0.5) is 0 Å². The van der Waals surface area contributed by atoms with Gasteiger partial charge < -0.3 is 14.4 Å². The zero-order valence-corrected chi connectivity index (χ0v) is 14.3. The average Bonchev–Trinajstić information content (AvgIpc) is 2.77. The summed E-state index contributed by atoms with van der Waals surface area (Å²) in [6.45, 7) is 4.28. The topological polar surface area (TPSA) is 38.8 Å². The highest BCUT2D eigenvalue weighted by atomic mass is 35.5. The van der Waals surface area contributed by atoms with Gasteiger partial charge in [-0.25, -0.2) is 0 Å². The first kappa shape index (κ1) is 15.9. The predicted molar refractivity (Wildman–Crippen MR) is 85.4 cm³/mol. The molecule has 0 aliphatic carbocycles. The maximum absolute atomic E-state index is 12.7. The number of carbonyl (C=O) groups excluding carboxylic acids is 1. The molecule has 2 saturated heterocycles. The van der Waals surface area contributed by atoms with Crippen molar-refractivity contribution in [2.45, 2.75) is 30.5 Å². The Morgan fingerprint density at radius 1 is 1.41 bits per heavy atom. The van der Waals surface area contributed by atoms with Gasteiger partial charge in [-0.2, -0.15) is 0 Å². The Balaban J connectivity index is 2.11. The third-order valence-electron chi connectivity index (χ3n) is 4.60. The lowest BCUT2D eigenvalue weighted by Crippen LogP contribution is -2.79. The van der Waals surface area contributed by atoms with E-state index in [0.717, 1.165) is 11.3 Å². The lowest BCUT2D eigenvalue weighted by Gasteiger charge is -2.60. The molecule has 3 atom stereocenters. The summed E-state index contributed by atoms with van der Waals surface area (Å²) in [6.07, 6.45) is 0. The first-order chi connectivity index (χ1) is 10.4. The van der Waals surface area contributed by atoms with Crippen LogP contribution in [0.2, 0.25) is 0 Å². The number of fused-ring (bicyclic) bond motifs is 1. The molecular formula is C16H19Cl2NO3. The first-order valence-corrected chi connectivity index (χ1v) is 8.21. The van der Waals surface area contributed by atoms with E-state index in [1.807, 2.05) is 38.1 Å². The summed E-state index contributed by atoms with van der Waals surface area (Å²) in [4.78, 5) is 13.3. The summed E-state index contributed by atoms with van der Waals surface area (Å²) in [5, 5.41) is 0. The maximum atomic E-state index is 12.7. The summed E-state index contributed by atoms with van der Waals surface area (Å²) in [5.41, 5.74) is -0.102. The molecule has 2 heterocycles. The molecule has 4 nitrogen and oxygen atoms in total. The molecule has 1 aromatic rings. The molecule has 0 unspecified atom stereocenters. The number of methoxy groups -OCH3 is 1. The summed E-state index contributed by atoms with van der Waals surface area (Å²) in [6, 6.07) is 7.47. The minimum Gasteiger partial charge on any atom is -0.497 e. The third-order valence-corrected chi connectivity index (χ3v) is 5.70. The number of alkyl halides is 2. The van der Waals surface area contributed by atoms with Crippen molar-refractivity contribution in [1.82, 2.24) is 4.90 Å². The van der Waals surface area contributed by atoms with E-state index in [1.54, 1.807) is 12.0 Å². The molecule has 0 N–H and O–H groups in total. The predicted octanol–water partition coefficient (Wildman–Crippen LogP) is 2.96. The van der Waals surface area contributed by atoms with Crippen molar-refractivity contribution in [3.8, 4) is 5.75 Å². The van der Waals surface area contributed by atoms with Crippen molar-refractivity contribution in [2.75, 3.05) is 19.6 Å².